The summed E-state index contributed by atoms with van der Waals surface area (Å²) in [6.07, 6.45) is 1.30. The molecule has 9 heteroatoms. The number of hydrogen-bond acceptors (Lipinski definition) is 5. The molecular formula is C14H14F2N2O3S2. The molecule has 0 aliphatic heterocycles. The van der Waals surface area contributed by atoms with Crippen LogP contribution in [0.1, 0.15) is 23.4 Å². The zero-order valence-electron chi connectivity index (χ0n) is 12.1. The summed E-state index contributed by atoms with van der Waals surface area (Å²) < 4.78 is 52.7. The number of nitrogens with zero attached hydrogens (tertiary/aromatic N) is 1. The van der Waals surface area contributed by atoms with Crippen LogP contribution >= 0.6 is 11.5 Å². The number of halogens is 2. The average Bonchev–Trinajstić information content (AvgIpc) is 3.01. The van der Waals surface area contributed by atoms with Crippen molar-refractivity contribution in [1.29, 1.82) is 0 Å². The smallest absolute Gasteiger partial charge is 0.341 e. The molecule has 1 N–H and O–H groups in total. The number of benzene rings is 1. The quantitative estimate of drug-likeness (QED) is 0.859. The standard InChI is InChI=1S/C14H14F2N2O3S2/c1-9(11-6-7-17-22-11)18-13(19)8-10-4-2-3-5-12(10)23(20,21)14(15)16/h2-7,9,14H,8H2,1H3,(H,18,19). The maximum absolute atomic E-state index is 12.7. The molecule has 1 aromatic carbocycles. The highest BCUT2D eigenvalue weighted by molar-refractivity contribution is 7.91. The summed E-state index contributed by atoms with van der Waals surface area (Å²) in [5.41, 5.74) is 0.0433. The van der Waals surface area contributed by atoms with Gasteiger partial charge in [0.15, 0.2) is 0 Å². The number of sulfone groups is 1. The molecule has 124 valence electrons. The minimum Gasteiger partial charge on any atom is -0.348 e. The first kappa shape index (κ1) is 17.5. The first-order chi connectivity index (χ1) is 10.8. The fourth-order valence-electron chi connectivity index (χ4n) is 2.01. The molecule has 0 fully saturated rings. The largest absolute Gasteiger partial charge is 0.348 e. The van der Waals surface area contributed by atoms with E-state index in [9.17, 15) is 22.0 Å². The highest BCUT2D eigenvalue weighted by Crippen LogP contribution is 2.23. The molecule has 0 aliphatic carbocycles. The lowest BCUT2D eigenvalue weighted by molar-refractivity contribution is -0.121. The molecule has 0 bridgehead atoms. The van der Waals surface area contributed by atoms with Crippen molar-refractivity contribution in [2.45, 2.75) is 30.0 Å². The molecule has 0 saturated heterocycles. The molecule has 1 heterocycles. The monoisotopic (exact) mass is 360 g/mol. The number of amides is 1. The Hall–Kier alpha value is -1.87. The van der Waals surface area contributed by atoms with Crippen molar-refractivity contribution in [2.75, 3.05) is 0 Å². The Bertz CT molecular complexity index is 777. The number of alkyl halides is 2. The first-order valence-electron chi connectivity index (χ1n) is 6.62. The van der Waals surface area contributed by atoms with Crippen LogP contribution in [-0.2, 0) is 21.1 Å². The molecule has 0 radical (unpaired) electrons. The van der Waals surface area contributed by atoms with E-state index in [1.807, 2.05) is 0 Å². The van der Waals surface area contributed by atoms with Crippen molar-refractivity contribution in [3.05, 3.63) is 47.0 Å². The van der Waals surface area contributed by atoms with Crippen LogP contribution in [0.25, 0.3) is 0 Å². The first-order valence-corrected chi connectivity index (χ1v) is 8.94. The van der Waals surface area contributed by atoms with E-state index in [1.165, 1.54) is 29.7 Å². The van der Waals surface area contributed by atoms with Crippen LogP contribution in [0.15, 0.2) is 41.4 Å². The summed E-state index contributed by atoms with van der Waals surface area (Å²) in [6, 6.07) is 6.73. The third-order valence-electron chi connectivity index (χ3n) is 3.13. The number of carbonyl (C=O) groups excluding carboxylic acids is 1. The number of hydrogen-bond donors (Lipinski definition) is 1. The van der Waals surface area contributed by atoms with E-state index in [4.69, 9.17) is 0 Å². The third-order valence-corrected chi connectivity index (χ3v) is 5.53. The summed E-state index contributed by atoms with van der Waals surface area (Å²) in [5.74, 6) is -3.98. The molecule has 5 nitrogen and oxygen atoms in total. The highest BCUT2D eigenvalue weighted by atomic mass is 32.2. The Kier molecular flexibility index (Phi) is 5.42. The van der Waals surface area contributed by atoms with Gasteiger partial charge in [0, 0.05) is 11.1 Å². The maximum atomic E-state index is 12.7. The van der Waals surface area contributed by atoms with E-state index in [-0.39, 0.29) is 18.0 Å². The third kappa shape index (κ3) is 4.11. The molecule has 0 aliphatic rings. The van der Waals surface area contributed by atoms with Crippen molar-refractivity contribution < 1.29 is 22.0 Å². The molecule has 0 spiro atoms. The number of rotatable bonds is 6. The van der Waals surface area contributed by atoms with Crippen molar-refractivity contribution >= 4 is 27.3 Å². The maximum Gasteiger partial charge on any atom is 0.341 e. The molecule has 1 aromatic heterocycles. The molecule has 1 unspecified atom stereocenters. The second kappa shape index (κ2) is 7.14. The van der Waals surface area contributed by atoms with Crippen LogP contribution in [0.4, 0.5) is 8.78 Å². The second-order valence-corrected chi connectivity index (χ2v) is 7.55. The van der Waals surface area contributed by atoms with Crippen LogP contribution in [0.3, 0.4) is 0 Å². The lowest BCUT2D eigenvalue weighted by atomic mass is 10.1. The fourth-order valence-corrected chi connectivity index (χ4v) is 3.56. The normalized spacial score (nSPS) is 13.0. The Balaban J connectivity index is 2.16. The van der Waals surface area contributed by atoms with Gasteiger partial charge in [0.1, 0.15) is 0 Å². The predicted molar refractivity (Wildman–Crippen MR) is 82.0 cm³/mol. The summed E-state index contributed by atoms with van der Waals surface area (Å²) in [7, 11) is -4.75. The van der Waals surface area contributed by atoms with E-state index in [0.29, 0.717) is 0 Å². The van der Waals surface area contributed by atoms with Crippen LogP contribution in [-0.4, -0.2) is 24.5 Å². The average molecular weight is 360 g/mol. The Labute approximate surface area is 136 Å². The van der Waals surface area contributed by atoms with Crippen LogP contribution in [0.2, 0.25) is 0 Å². The van der Waals surface area contributed by atoms with Crippen LogP contribution in [0, 0.1) is 0 Å². The minimum atomic E-state index is -4.75. The van der Waals surface area contributed by atoms with Gasteiger partial charge in [-0.15, -0.1) is 0 Å². The predicted octanol–water partition coefficient (Wildman–Crippen LogP) is 2.56. The van der Waals surface area contributed by atoms with Crippen molar-refractivity contribution in [3.63, 3.8) is 0 Å². The molecule has 2 rings (SSSR count). The summed E-state index contributed by atoms with van der Waals surface area (Å²) in [5, 5.41) is 2.69. The highest BCUT2D eigenvalue weighted by Gasteiger charge is 2.29. The van der Waals surface area contributed by atoms with Gasteiger partial charge in [-0.25, -0.2) is 12.8 Å². The van der Waals surface area contributed by atoms with E-state index in [2.05, 4.69) is 9.69 Å². The number of nitrogens with one attached hydrogen (secondary N) is 1. The Morgan fingerprint density at radius 2 is 2.00 bits per heavy atom. The van der Waals surface area contributed by atoms with Crippen LogP contribution < -0.4 is 5.32 Å². The summed E-state index contributed by atoms with van der Waals surface area (Å²) in [6.45, 7) is 1.76. The van der Waals surface area contributed by atoms with Crippen molar-refractivity contribution in [2.24, 2.45) is 0 Å². The molecular weight excluding hydrogens is 346 g/mol. The van der Waals surface area contributed by atoms with Crippen molar-refractivity contribution in [3.8, 4) is 0 Å². The van der Waals surface area contributed by atoms with Gasteiger partial charge in [-0.3, -0.25) is 4.79 Å². The Morgan fingerprint density at radius 3 is 2.61 bits per heavy atom. The zero-order valence-corrected chi connectivity index (χ0v) is 13.7. The number of aromatic nitrogens is 1. The lowest BCUT2D eigenvalue weighted by Gasteiger charge is -2.13. The van der Waals surface area contributed by atoms with Gasteiger partial charge in [-0.1, -0.05) is 18.2 Å². The van der Waals surface area contributed by atoms with Gasteiger partial charge in [0.05, 0.1) is 17.4 Å². The minimum absolute atomic E-state index is 0.0433. The number of carbonyl (C=O) groups is 1. The van der Waals surface area contributed by atoms with Gasteiger partial charge in [-0.2, -0.15) is 8.78 Å². The molecule has 23 heavy (non-hydrogen) atoms. The fraction of sp³-hybridized carbons (Fsp3) is 0.286. The molecule has 1 atom stereocenters. The van der Waals surface area contributed by atoms with Gasteiger partial charge in [-0.05, 0) is 36.2 Å². The summed E-state index contributed by atoms with van der Waals surface area (Å²) in [4.78, 5) is 12.4. The van der Waals surface area contributed by atoms with Gasteiger partial charge >= 0.3 is 5.76 Å². The SMILES string of the molecule is CC(NC(=O)Cc1ccccc1S(=O)(=O)C(F)F)c1ccns1. The van der Waals surface area contributed by atoms with Gasteiger partial charge in [0.25, 0.3) is 0 Å². The van der Waals surface area contributed by atoms with Gasteiger partial charge in [0.2, 0.25) is 15.7 Å². The van der Waals surface area contributed by atoms with E-state index in [1.54, 1.807) is 19.2 Å². The topological polar surface area (TPSA) is 76.1 Å². The van der Waals surface area contributed by atoms with Crippen molar-refractivity contribution in [1.82, 2.24) is 9.69 Å². The molecule has 2 aromatic rings. The Morgan fingerprint density at radius 1 is 1.30 bits per heavy atom. The lowest BCUT2D eigenvalue weighted by Crippen LogP contribution is -2.28. The zero-order chi connectivity index (χ0) is 17.0. The van der Waals surface area contributed by atoms with Crippen LogP contribution in [0.5, 0.6) is 0 Å². The van der Waals surface area contributed by atoms with E-state index < -0.39 is 26.4 Å². The second-order valence-electron chi connectivity index (χ2n) is 4.79. The molecule has 0 saturated carbocycles. The summed E-state index contributed by atoms with van der Waals surface area (Å²) >= 11 is 1.23. The van der Waals surface area contributed by atoms with E-state index in [0.717, 1.165) is 10.9 Å². The molecule has 1 amide bonds. The van der Waals surface area contributed by atoms with Gasteiger partial charge < -0.3 is 5.32 Å². The van der Waals surface area contributed by atoms with E-state index >= 15 is 0 Å².